The largest absolute Gasteiger partial charge is 0.493 e. The topological polar surface area (TPSA) is 47.3 Å². The van der Waals surface area contributed by atoms with Crippen LogP contribution in [0.15, 0.2) is 6.20 Å². The summed E-state index contributed by atoms with van der Waals surface area (Å²) in [6, 6.07) is 0.207. The Balaban J connectivity index is 2.54. The summed E-state index contributed by atoms with van der Waals surface area (Å²) in [6.07, 6.45) is 3.47. The summed E-state index contributed by atoms with van der Waals surface area (Å²) >= 11 is 0. The lowest BCUT2D eigenvalue weighted by molar-refractivity contribution is -0.0122. The maximum Gasteiger partial charge on any atom is 0.162 e. The Morgan fingerprint density at radius 3 is 2.53 bits per heavy atom. The number of ether oxygens (including phenoxy) is 1. The number of aliphatic hydroxyl groups is 1. The molecule has 0 saturated heterocycles. The van der Waals surface area contributed by atoms with Crippen LogP contribution in [0.25, 0.3) is 0 Å². The summed E-state index contributed by atoms with van der Waals surface area (Å²) in [4.78, 5) is 0. The number of aromatic nitrogens is 2. The van der Waals surface area contributed by atoms with Crippen LogP contribution < -0.4 is 4.74 Å². The number of nitrogens with zero attached hydrogens (tertiary/aromatic N) is 2. The summed E-state index contributed by atoms with van der Waals surface area (Å²) in [5, 5.41) is 15.6. The SMILES string of the molecule is COc1cnn(C(C)C)c1C1(O)CC(C)(C)CC1C. The van der Waals surface area contributed by atoms with Crippen LogP contribution in [0.2, 0.25) is 0 Å². The average molecular weight is 266 g/mol. The molecule has 19 heavy (non-hydrogen) atoms. The van der Waals surface area contributed by atoms with Crippen LogP contribution in [0, 0.1) is 11.3 Å². The molecule has 1 N–H and O–H groups in total. The molecule has 0 radical (unpaired) electrons. The molecule has 108 valence electrons. The summed E-state index contributed by atoms with van der Waals surface area (Å²) in [5.74, 6) is 0.895. The van der Waals surface area contributed by atoms with E-state index in [9.17, 15) is 5.11 Å². The quantitative estimate of drug-likeness (QED) is 0.914. The van der Waals surface area contributed by atoms with Gasteiger partial charge in [-0.15, -0.1) is 0 Å². The van der Waals surface area contributed by atoms with Crippen molar-refractivity contribution < 1.29 is 9.84 Å². The van der Waals surface area contributed by atoms with Crippen LogP contribution in [-0.2, 0) is 5.60 Å². The molecule has 2 rings (SSSR count). The molecule has 1 heterocycles. The lowest BCUT2D eigenvalue weighted by Gasteiger charge is -2.31. The highest BCUT2D eigenvalue weighted by atomic mass is 16.5. The van der Waals surface area contributed by atoms with Gasteiger partial charge in [-0.25, -0.2) is 0 Å². The first kappa shape index (κ1) is 14.4. The fourth-order valence-corrected chi connectivity index (χ4v) is 3.59. The number of hydrogen-bond acceptors (Lipinski definition) is 3. The summed E-state index contributed by atoms with van der Waals surface area (Å²) in [6.45, 7) is 10.7. The fraction of sp³-hybridized carbons (Fsp3) is 0.800. The molecule has 4 heteroatoms. The van der Waals surface area contributed by atoms with E-state index >= 15 is 0 Å². The van der Waals surface area contributed by atoms with Crippen LogP contribution in [0.4, 0.5) is 0 Å². The van der Waals surface area contributed by atoms with Gasteiger partial charge in [0.1, 0.15) is 11.3 Å². The van der Waals surface area contributed by atoms with Crippen LogP contribution >= 0.6 is 0 Å². The van der Waals surface area contributed by atoms with Crippen molar-refractivity contribution in [3.05, 3.63) is 11.9 Å². The van der Waals surface area contributed by atoms with Crippen molar-refractivity contribution in [2.24, 2.45) is 11.3 Å². The summed E-state index contributed by atoms with van der Waals surface area (Å²) in [7, 11) is 1.64. The van der Waals surface area contributed by atoms with E-state index in [1.165, 1.54) is 0 Å². The zero-order valence-electron chi connectivity index (χ0n) is 12.9. The molecule has 1 aliphatic carbocycles. The lowest BCUT2D eigenvalue weighted by atomic mass is 9.86. The molecule has 1 aliphatic rings. The normalized spacial score (nSPS) is 30.0. The van der Waals surface area contributed by atoms with Gasteiger partial charge < -0.3 is 9.84 Å². The molecule has 1 aromatic rings. The molecule has 0 aromatic carbocycles. The van der Waals surface area contributed by atoms with Crippen molar-refractivity contribution in [1.29, 1.82) is 0 Å². The van der Waals surface area contributed by atoms with Gasteiger partial charge >= 0.3 is 0 Å². The molecular weight excluding hydrogens is 240 g/mol. The van der Waals surface area contributed by atoms with E-state index in [0.29, 0.717) is 5.75 Å². The van der Waals surface area contributed by atoms with E-state index < -0.39 is 5.60 Å². The van der Waals surface area contributed by atoms with E-state index in [1.54, 1.807) is 13.3 Å². The first-order chi connectivity index (χ1) is 8.71. The highest BCUT2D eigenvalue weighted by Gasteiger charge is 2.51. The molecule has 2 atom stereocenters. The standard InChI is InChI=1S/C15H26N2O2/c1-10(2)17-13(12(19-6)8-16-17)15(18)9-14(4,5)7-11(15)3/h8,10-11,18H,7,9H2,1-6H3. The lowest BCUT2D eigenvalue weighted by Crippen LogP contribution is -2.33. The number of methoxy groups -OCH3 is 1. The van der Waals surface area contributed by atoms with Crippen LogP contribution in [-0.4, -0.2) is 22.0 Å². The van der Waals surface area contributed by atoms with E-state index in [1.807, 2.05) is 4.68 Å². The predicted octanol–water partition coefficient (Wildman–Crippen LogP) is 3.12. The average Bonchev–Trinajstić information content (AvgIpc) is 2.78. The molecule has 0 spiro atoms. The van der Waals surface area contributed by atoms with Gasteiger partial charge in [0.25, 0.3) is 0 Å². The Hall–Kier alpha value is -1.03. The molecule has 0 bridgehead atoms. The Morgan fingerprint density at radius 2 is 2.11 bits per heavy atom. The molecular formula is C15H26N2O2. The van der Waals surface area contributed by atoms with Gasteiger partial charge in [-0.05, 0) is 38.0 Å². The minimum Gasteiger partial charge on any atom is -0.493 e. The van der Waals surface area contributed by atoms with Crippen molar-refractivity contribution in [2.75, 3.05) is 7.11 Å². The van der Waals surface area contributed by atoms with Crippen LogP contribution in [0.1, 0.15) is 59.2 Å². The van der Waals surface area contributed by atoms with Crippen LogP contribution in [0.3, 0.4) is 0 Å². The first-order valence-corrected chi connectivity index (χ1v) is 7.05. The van der Waals surface area contributed by atoms with E-state index in [-0.39, 0.29) is 17.4 Å². The van der Waals surface area contributed by atoms with Crippen molar-refractivity contribution in [2.45, 2.75) is 59.1 Å². The van der Waals surface area contributed by atoms with Crippen molar-refractivity contribution >= 4 is 0 Å². The number of rotatable bonds is 3. The zero-order valence-corrected chi connectivity index (χ0v) is 12.9. The Labute approximate surface area is 115 Å². The summed E-state index contributed by atoms with van der Waals surface area (Å²) in [5.41, 5.74) is 0.129. The monoisotopic (exact) mass is 266 g/mol. The van der Waals surface area contributed by atoms with E-state index in [4.69, 9.17) is 4.74 Å². The van der Waals surface area contributed by atoms with Gasteiger partial charge in [0.15, 0.2) is 5.75 Å². The van der Waals surface area contributed by atoms with Gasteiger partial charge in [0.05, 0.1) is 13.3 Å². The minimum absolute atomic E-state index is 0.144. The molecule has 0 aliphatic heterocycles. The van der Waals surface area contributed by atoms with Gasteiger partial charge in [-0.3, -0.25) is 4.68 Å². The second-order valence-corrected chi connectivity index (χ2v) is 6.97. The molecule has 2 unspecified atom stereocenters. The third kappa shape index (κ3) is 2.27. The van der Waals surface area contributed by atoms with E-state index in [2.05, 4.69) is 39.7 Å². The zero-order chi connectivity index (χ0) is 14.4. The van der Waals surface area contributed by atoms with Crippen molar-refractivity contribution in [1.82, 2.24) is 9.78 Å². The Bertz CT molecular complexity index is 465. The van der Waals surface area contributed by atoms with Crippen molar-refractivity contribution in [3.8, 4) is 5.75 Å². The number of hydrogen-bond donors (Lipinski definition) is 1. The highest BCUT2D eigenvalue weighted by Crippen LogP contribution is 2.54. The fourth-order valence-electron chi connectivity index (χ4n) is 3.59. The first-order valence-electron chi connectivity index (χ1n) is 7.05. The second-order valence-electron chi connectivity index (χ2n) is 6.97. The summed E-state index contributed by atoms with van der Waals surface area (Å²) < 4.78 is 7.33. The molecule has 1 fully saturated rings. The van der Waals surface area contributed by atoms with Gasteiger partial charge in [-0.2, -0.15) is 5.10 Å². The van der Waals surface area contributed by atoms with Crippen LogP contribution in [0.5, 0.6) is 5.75 Å². The van der Waals surface area contributed by atoms with Gasteiger partial charge in [-0.1, -0.05) is 20.8 Å². The molecule has 0 amide bonds. The predicted molar refractivity (Wildman–Crippen MR) is 75.2 cm³/mol. The maximum absolute atomic E-state index is 11.3. The molecule has 1 aromatic heterocycles. The van der Waals surface area contributed by atoms with Gasteiger partial charge in [0.2, 0.25) is 0 Å². The maximum atomic E-state index is 11.3. The molecule has 4 nitrogen and oxygen atoms in total. The van der Waals surface area contributed by atoms with E-state index in [0.717, 1.165) is 18.5 Å². The molecule has 1 saturated carbocycles. The third-order valence-electron chi connectivity index (χ3n) is 4.30. The third-order valence-corrected chi connectivity index (χ3v) is 4.30. The Kier molecular flexibility index (Phi) is 3.42. The Morgan fingerprint density at radius 1 is 1.47 bits per heavy atom. The minimum atomic E-state index is -0.852. The van der Waals surface area contributed by atoms with Crippen molar-refractivity contribution in [3.63, 3.8) is 0 Å². The van der Waals surface area contributed by atoms with Gasteiger partial charge in [0, 0.05) is 6.04 Å². The second kappa shape index (κ2) is 4.51. The smallest absolute Gasteiger partial charge is 0.162 e. The highest BCUT2D eigenvalue weighted by molar-refractivity contribution is 5.33.